The summed E-state index contributed by atoms with van der Waals surface area (Å²) in [4.78, 5) is 2.53. The summed E-state index contributed by atoms with van der Waals surface area (Å²) in [5.74, 6) is 0. The minimum Gasteiger partial charge on any atom is -0.380 e. The van der Waals surface area contributed by atoms with Crippen molar-refractivity contribution in [3.05, 3.63) is 35.4 Å². The Kier molecular flexibility index (Phi) is 5.06. The Hall–Kier alpha value is -0.900. The van der Waals surface area contributed by atoms with Gasteiger partial charge in [0.05, 0.1) is 6.61 Å². The molecule has 0 spiro atoms. The molecule has 3 nitrogen and oxygen atoms in total. The summed E-state index contributed by atoms with van der Waals surface area (Å²) in [5.41, 5.74) is 3.00. The first-order valence-electron chi connectivity index (χ1n) is 8.02. The van der Waals surface area contributed by atoms with Gasteiger partial charge in [-0.15, -0.1) is 0 Å². The Morgan fingerprint density at radius 1 is 1.10 bits per heavy atom. The first-order valence-corrected chi connectivity index (χ1v) is 8.02. The van der Waals surface area contributed by atoms with Gasteiger partial charge in [0.1, 0.15) is 0 Å². The van der Waals surface area contributed by atoms with Gasteiger partial charge in [-0.05, 0) is 43.4 Å². The third kappa shape index (κ3) is 4.30. The van der Waals surface area contributed by atoms with Crippen LogP contribution in [0.2, 0.25) is 0 Å². The molecule has 1 aromatic rings. The first-order chi connectivity index (χ1) is 9.92. The molecule has 110 valence electrons. The minimum absolute atomic E-state index is 0.810. The number of rotatable bonds is 6. The van der Waals surface area contributed by atoms with Gasteiger partial charge in [-0.1, -0.05) is 24.3 Å². The van der Waals surface area contributed by atoms with E-state index in [1.807, 2.05) is 0 Å². The maximum atomic E-state index is 5.54. The Morgan fingerprint density at radius 3 is 2.80 bits per heavy atom. The number of hydrogen-bond donors (Lipinski definition) is 1. The molecule has 2 aliphatic rings. The lowest BCUT2D eigenvalue weighted by Crippen LogP contribution is -2.27. The molecule has 0 bridgehead atoms. The molecule has 1 N–H and O–H groups in total. The van der Waals surface area contributed by atoms with E-state index in [4.69, 9.17) is 4.74 Å². The van der Waals surface area contributed by atoms with Crippen molar-refractivity contribution in [3.63, 3.8) is 0 Å². The van der Waals surface area contributed by atoms with Crippen LogP contribution in [0.15, 0.2) is 24.3 Å². The topological polar surface area (TPSA) is 24.5 Å². The smallest absolute Gasteiger partial charge is 0.0593 e. The highest BCUT2D eigenvalue weighted by Crippen LogP contribution is 2.19. The van der Waals surface area contributed by atoms with E-state index >= 15 is 0 Å². The number of nitrogens with one attached hydrogen (secondary N) is 1. The van der Waals surface area contributed by atoms with Crippen LogP contribution in [0.1, 0.15) is 30.4 Å². The lowest BCUT2D eigenvalue weighted by Gasteiger charge is -2.21. The molecule has 20 heavy (non-hydrogen) atoms. The molecular weight excluding hydrogens is 248 g/mol. The van der Waals surface area contributed by atoms with Gasteiger partial charge in [-0.2, -0.15) is 0 Å². The maximum Gasteiger partial charge on any atom is 0.0593 e. The van der Waals surface area contributed by atoms with Crippen molar-refractivity contribution in [2.75, 3.05) is 32.8 Å². The van der Waals surface area contributed by atoms with Gasteiger partial charge < -0.3 is 10.1 Å². The Labute approximate surface area is 122 Å². The van der Waals surface area contributed by atoms with Crippen LogP contribution in [0, 0.1) is 0 Å². The number of hydrogen-bond acceptors (Lipinski definition) is 3. The normalized spacial score (nSPS) is 20.8. The van der Waals surface area contributed by atoms with Crippen LogP contribution in [0.25, 0.3) is 0 Å². The van der Waals surface area contributed by atoms with Crippen LogP contribution in [0.3, 0.4) is 0 Å². The Balaban J connectivity index is 1.55. The van der Waals surface area contributed by atoms with E-state index in [-0.39, 0.29) is 0 Å². The van der Waals surface area contributed by atoms with E-state index in [9.17, 15) is 0 Å². The largest absolute Gasteiger partial charge is 0.380 e. The number of ether oxygens (including phenoxy) is 1. The van der Waals surface area contributed by atoms with E-state index in [1.54, 1.807) is 0 Å². The van der Waals surface area contributed by atoms with E-state index in [0.717, 1.165) is 58.3 Å². The molecule has 1 aliphatic carbocycles. The molecule has 3 rings (SSSR count). The SMILES string of the molecule is c1ccc(CN2CCCOCC2)c(CCNC2CC2)c1. The van der Waals surface area contributed by atoms with Gasteiger partial charge in [0.25, 0.3) is 0 Å². The molecule has 0 radical (unpaired) electrons. The fourth-order valence-corrected chi connectivity index (χ4v) is 2.85. The second kappa shape index (κ2) is 7.21. The van der Waals surface area contributed by atoms with Crippen molar-refractivity contribution in [2.24, 2.45) is 0 Å². The minimum atomic E-state index is 0.810. The second-order valence-electron chi connectivity index (χ2n) is 5.99. The molecule has 2 fully saturated rings. The average molecular weight is 274 g/mol. The second-order valence-corrected chi connectivity index (χ2v) is 5.99. The first kappa shape index (κ1) is 14.1. The summed E-state index contributed by atoms with van der Waals surface area (Å²) in [6, 6.07) is 9.73. The zero-order chi connectivity index (χ0) is 13.6. The van der Waals surface area contributed by atoms with E-state index in [0.29, 0.717) is 0 Å². The van der Waals surface area contributed by atoms with Crippen LogP contribution >= 0.6 is 0 Å². The lowest BCUT2D eigenvalue weighted by atomic mass is 10.0. The van der Waals surface area contributed by atoms with Gasteiger partial charge in [0.2, 0.25) is 0 Å². The highest BCUT2D eigenvalue weighted by Gasteiger charge is 2.19. The standard InChI is InChI=1S/C17H26N2O/c1-2-5-16(14-19-10-3-12-20-13-11-19)15(4-1)8-9-18-17-6-7-17/h1-2,4-5,17-18H,3,6-14H2. The number of nitrogens with zero attached hydrogens (tertiary/aromatic N) is 1. The zero-order valence-corrected chi connectivity index (χ0v) is 12.3. The average Bonchev–Trinajstić information content (AvgIpc) is 3.28. The molecule has 1 heterocycles. The molecule has 3 heteroatoms. The number of benzene rings is 1. The predicted molar refractivity (Wildman–Crippen MR) is 81.9 cm³/mol. The Morgan fingerprint density at radius 2 is 1.95 bits per heavy atom. The molecular formula is C17H26N2O. The van der Waals surface area contributed by atoms with Crippen molar-refractivity contribution in [1.82, 2.24) is 10.2 Å². The third-order valence-corrected chi connectivity index (χ3v) is 4.23. The molecule has 1 aromatic carbocycles. The van der Waals surface area contributed by atoms with Crippen LogP contribution in [-0.4, -0.2) is 43.8 Å². The molecule has 0 amide bonds. The molecule has 1 aliphatic heterocycles. The van der Waals surface area contributed by atoms with Gasteiger partial charge in [-0.25, -0.2) is 0 Å². The summed E-state index contributed by atoms with van der Waals surface area (Å²) < 4.78 is 5.54. The fourth-order valence-electron chi connectivity index (χ4n) is 2.85. The fraction of sp³-hybridized carbons (Fsp3) is 0.647. The quantitative estimate of drug-likeness (QED) is 0.861. The molecule has 0 aromatic heterocycles. The van der Waals surface area contributed by atoms with E-state index in [1.165, 1.54) is 24.0 Å². The lowest BCUT2D eigenvalue weighted by molar-refractivity contribution is 0.140. The van der Waals surface area contributed by atoms with Crippen molar-refractivity contribution in [1.29, 1.82) is 0 Å². The molecule has 0 atom stereocenters. The van der Waals surface area contributed by atoms with Crippen molar-refractivity contribution < 1.29 is 4.74 Å². The van der Waals surface area contributed by atoms with Crippen LogP contribution < -0.4 is 5.32 Å². The van der Waals surface area contributed by atoms with Crippen molar-refractivity contribution in [3.8, 4) is 0 Å². The van der Waals surface area contributed by atoms with Gasteiger partial charge in [0, 0.05) is 32.3 Å². The zero-order valence-electron chi connectivity index (χ0n) is 12.3. The van der Waals surface area contributed by atoms with Gasteiger partial charge >= 0.3 is 0 Å². The summed E-state index contributed by atoms with van der Waals surface area (Å²) in [5, 5.41) is 3.61. The molecule has 1 saturated carbocycles. The van der Waals surface area contributed by atoms with E-state index < -0.39 is 0 Å². The maximum absolute atomic E-state index is 5.54. The summed E-state index contributed by atoms with van der Waals surface area (Å²) in [6.07, 6.45) is 5.05. The highest BCUT2D eigenvalue weighted by atomic mass is 16.5. The van der Waals surface area contributed by atoms with Crippen LogP contribution in [-0.2, 0) is 17.7 Å². The van der Waals surface area contributed by atoms with Crippen molar-refractivity contribution >= 4 is 0 Å². The molecule has 0 unspecified atom stereocenters. The Bertz CT molecular complexity index is 409. The van der Waals surface area contributed by atoms with Crippen molar-refractivity contribution in [2.45, 2.75) is 38.3 Å². The third-order valence-electron chi connectivity index (χ3n) is 4.23. The van der Waals surface area contributed by atoms with Crippen LogP contribution in [0.5, 0.6) is 0 Å². The highest BCUT2D eigenvalue weighted by molar-refractivity contribution is 5.27. The predicted octanol–water partition coefficient (Wildman–Crippen LogP) is 2.20. The van der Waals surface area contributed by atoms with Crippen LogP contribution in [0.4, 0.5) is 0 Å². The van der Waals surface area contributed by atoms with Gasteiger partial charge in [0.15, 0.2) is 0 Å². The van der Waals surface area contributed by atoms with Gasteiger partial charge in [-0.3, -0.25) is 4.90 Å². The monoisotopic (exact) mass is 274 g/mol. The summed E-state index contributed by atoms with van der Waals surface area (Å²) in [6.45, 7) is 6.21. The van der Waals surface area contributed by atoms with E-state index in [2.05, 4.69) is 34.5 Å². The molecule has 1 saturated heterocycles. The summed E-state index contributed by atoms with van der Waals surface area (Å²) in [7, 11) is 0. The summed E-state index contributed by atoms with van der Waals surface area (Å²) >= 11 is 0.